The second-order valence-electron chi connectivity index (χ2n) is 5.22. The van der Waals surface area contributed by atoms with E-state index in [4.69, 9.17) is 4.74 Å². The third-order valence-electron chi connectivity index (χ3n) is 3.98. The minimum Gasteiger partial charge on any atom is -0.496 e. The van der Waals surface area contributed by atoms with E-state index in [0.717, 1.165) is 25.3 Å². The maximum atomic E-state index is 5.59. The average molecular weight is 278 g/mol. The summed E-state index contributed by atoms with van der Waals surface area (Å²) in [6, 6.07) is 7.16. The zero-order chi connectivity index (χ0) is 15.1. The van der Waals surface area contributed by atoms with Crippen LogP contribution in [0.5, 0.6) is 5.75 Å². The van der Waals surface area contributed by atoms with E-state index in [2.05, 4.69) is 63.0 Å². The highest BCUT2D eigenvalue weighted by molar-refractivity contribution is 5.61. The highest BCUT2D eigenvalue weighted by Crippen LogP contribution is 2.35. The number of hydrogen-bond donors (Lipinski definition) is 1. The van der Waals surface area contributed by atoms with Gasteiger partial charge in [-0.05, 0) is 45.9 Å². The summed E-state index contributed by atoms with van der Waals surface area (Å²) < 4.78 is 5.59. The van der Waals surface area contributed by atoms with Crippen LogP contribution in [0, 0.1) is 0 Å². The lowest BCUT2D eigenvalue weighted by molar-refractivity contribution is 0.402. The predicted molar refractivity (Wildman–Crippen MR) is 87.9 cm³/mol. The van der Waals surface area contributed by atoms with Crippen molar-refractivity contribution in [3.8, 4) is 5.75 Å². The quantitative estimate of drug-likeness (QED) is 0.778. The van der Waals surface area contributed by atoms with Crippen molar-refractivity contribution >= 4 is 5.69 Å². The van der Waals surface area contributed by atoms with Crippen molar-refractivity contribution in [2.75, 3.05) is 25.1 Å². The van der Waals surface area contributed by atoms with Gasteiger partial charge in [0.05, 0.1) is 7.11 Å². The zero-order valence-electron chi connectivity index (χ0n) is 13.9. The van der Waals surface area contributed by atoms with E-state index in [1.807, 2.05) is 0 Å². The van der Waals surface area contributed by atoms with E-state index >= 15 is 0 Å². The Morgan fingerprint density at radius 1 is 1.20 bits per heavy atom. The molecule has 0 saturated carbocycles. The summed E-state index contributed by atoms with van der Waals surface area (Å²) >= 11 is 0. The zero-order valence-corrected chi connectivity index (χ0v) is 13.9. The average Bonchev–Trinajstić information content (AvgIpc) is 2.47. The van der Waals surface area contributed by atoms with Gasteiger partial charge >= 0.3 is 0 Å². The molecule has 114 valence electrons. The number of nitrogens with one attached hydrogen (secondary N) is 1. The molecular formula is C17H30N2O. The second kappa shape index (κ2) is 8.15. The summed E-state index contributed by atoms with van der Waals surface area (Å²) in [4.78, 5) is 2.46. The van der Waals surface area contributed by atoms with Gasteiger partial charge in [0.25, 0.3) is 0 Å². The van der Waals surface area contributed by atoms with Crippen LogP contribution >= 0.6 is 0 Å². The fourth-order valence-electron chi connectivity index (χ4n) is 2.74. The molecule has 0 fully saturated rings. The molecular weight excluding hydrogens is 248 g/mol. The van der Waals surface area contributed by atoms with E-state index in [1.165, 1.54) is 11.3 Å². The Kier molecular flexibility index (Phi) is 6.86. The van der Waals surface area contributed by atoms with Crippen molar-refractivity contribution < 1.29 is 4.74 Å². The van der Waals surface area contributed by atoms with Crippen molar-refractivity contribution in [2.24, 2.45) is 0 Å². The third kappa shape index (κ3) is 3.66. The Morgan fingerprint density at radius 2 is 1.90 bits per heavy atom. The Bertz CT molecular complexity index is 406. The Labute approximate surface area is 124 Å². The maximum absolute atomic E-state index is 5.59. The van der Waals surface area contributed by atoms with Gasteiger partial charge in [-0.1, -0.05) is 19.9 Å². The Balaban J connectivity index is 3.29. The molecule has 1 aromatic rings. The highest BCUT2D eigenvalue weighted by atomic mass is 16.5. The first-order valence-corrected chi connectivity index (χ1v) is 7.77. The SMILES string of the molecule is CCNC(C)c1c(OC)cccc1N(CC)C(C)CC. The molecule has 20 heavy (non-hydrogen) atoms. The van der Waals surface area contributed by atoms with Crippen molar-refractivity contribution in [3.05, 3.63) is 23.8 Å². The molecule has 3 nitrogen and oxygen atoms in total. The fourth-order valence-corrected chi connectivity index (χ4v) is 2.74. The second-order valence-corrected chi connectivity index (χ2v) is 5.22. The van der Waals surface area contributed by atoms with Gasteiger partial charge in [0, 0.05) is 29.9 Å². The van der Waals surface area contributed by atoms with Crippen LogP contribution in [0.25, 0.3) is 0 Å². The summed E-state index contributed by atoms with van der Waals surface area (Å²) in [5.41, 5.74) is 2.55. The number of hydrogen-bond acceptors (Lipinski definition) is 3. The molecule has 1 aromatic carbocycles. The molecule has 0 amide bonds. The van der Waals surface area contributed by atoms with Crippen LogP contribution in [-0.2, 0) is 0 Å². The fraction of sp³-hybridized carbons (Fsp3) is 0.647. The van der Waals surface area contributed by atoms with E-state index in [1.54, 1.807) is 7.11 Å². The van der Waals surface area contributed by atoms with Crippen LogP contribution in [0.2, 0.25) is 0 Å². The summed E-state index contributed by atoms with van der Waals surface area (Å²) in [5, 5.41) is 3.51. The highest BCUT2D eigenvalue weighted by Gasteiger charge is 2.21. The standard InChI is InChI=1S/C17H30N2O/c1-7-13(4)19(9-3)15-11-10-12-16(20-6)17(15)14(5)18-8-2/h10-14,18H,7-9H2,1-6H3. The number of ether oxygens (including phenoxy) is 1. The lowest BCUT2D eigenvalue weighted by Crippen LogP contribution is -2.34. The summed E-state index contributed by atoms with van der Waals surface area (Å²) in [5.74, 6) is 0.970. The summed E-state index contributed by atoms with van der Waals surface area (Å²) in [6.45, 7) is 13.0. The van der Waals surface area contributed by atoms with E-state index in [-0.39, 0.29) is 6.04 Å². The first kappa shape index (κ1) is 16.8. The molecule has 2 unspecified atom stereocenters. The van der Waals surface area contributed by atoms with Crippen LogP contribution in [-0.4, -0.2) is 26.2 Å². The first-order chi connectivity index (χ1) is 9.60. The number of benzene rings is 1. The minimum atomic E-state index is 0.282. The van der Waals surface area contributed by atoms with Crippen LogP contribution in [0.4, 0.5) is 5.69 Å². The summed E-state index contributed by atoms with van der Waals surface area (Å²) in [7, 11) is 1.75. The maximum Gasteiger partial charge on any atom is 0.125 e. The van der Waals surface area contributed by atoms with Crippen LogP contribution < -0.4 is 15.0 Å². The lowest BCUT2D eigenvalue weighted by Gasteiger charge is -2.33. The first-order valence-electron chi connectivity index (χ1n) is 7.77. The number of rotatable bonds is 8. The van der Waals surface area contributed by atoms with Gasteiger partial charge in [0.1, 0.15) is 5.75 Å². The van der Waals surface area contributed by atoms with Crippen molar-refractivity contribution in [2.45, 2.75) is 53.1 Å². The molecule has 0 saturated heterocycles. The van der Waals surface area contributed by atoms with E-state index in [0.29, 0.717) is 6.04 Å². The number of nitrogens with zero attached hydrogens (tertiary/aromatic N) is 1. The molecule has 0 aliphatic heterocycles. The molecule has 3 heteroatoms. The molecule has 0 aromatic heterocycles. The molecule has 0 aliphatic carbocycles. The van der Waals surface area contributed by atoms with Gasteiger partial charge in [0.2, 0.25) is 0 Å². The molecule has 0 heterocycles. The lowest BCUT2D eigenvalue weighted by atomic mass is 10.0. The van der Waals surface area contributed by atoms with Crippen LogP contribution in [0.3, 0.4) is 0 Å². The van der Waals surface area contributed by atoms with E-state index < -0.39 is 0 Å². The number of anilines is 1. The normalized spacial score (nSPS) is 13.9. The van der Waals surface area contributed by atoms with Gasteiger partial charge in [0.15, 0.2) is 0 Å². The smallest absolute Gasteiger partial charge is 0.125 e. The molecule has 0 bridgehead atoms. The van der Waals surface area contributed by atoms with Crippen molar-refractivity contribution in [1.82, 2.24) is 5.32 Å². The van der Waals surface area contributed by atoms with Crippen molar-refractivity contribution in [3.63, 3.8) is 0 Å². The summed E-state index contributed by atoms with van der Waals surface area (Å²) in [6.07, 6.45) is 1.14. The van der Waals surface area contributed by atoms with Crippen LogP contribution in [0.15, 0.2) is 18.2 Å². The Morgan fingerprint density at radius 3 is 2.40 bits per heavy atom. The topological polar surface area (TPSA) is 24.5 Å². The van der Waals surface area contributed by atoms with Gasteiger partial charge < -0.3 is 15.0 Å². The van der Waals surface area contributed by atoms with E-state index in [9.17, 15) is 0 Å². The monoisotopic (exact) mass is 278 g/mol. The predicted octanol–water partition coefficient (Wildman–Crippen LogP) is 3.99. The largest absolute Gasteiger partial charge is 0.496 e. The molecule has 2 atom stereocenters. The molecule has 0 aliphatic rings. The van der Waals surface area contributed by atoms with Gasteiger partial charge in [-0.15, -0.1) is 0 Å². The third-order valence-corrected chi connectivity index (χ3v) is 3.98. The molecule has 1 rings (SSSR count). The van der Waals surface area contributed by atoms with Gasteiger partial charge in [-0.25, -0.2) is 0 Å². The number of methoxy groups -OCH3 is 1. The molecule has 1 N–H and O–H groups in total. The van der Waals surface area contributed by atoms with Crippen molar-refractivity contribution in [1.29, 1.82) is 0 Å². The Hall–Kier alpha value is -1.22. The van der Waals surface area contributed by atoms with Crippen LogP contribution in [0.1, 0.15) is 52.6 Å². The molecule has 0 radical (unpaired) electrons. The van der Waals surface area contributed by atoms with Gasteiger partial charge in [-0.3, -0.25) is 0 Å². The molecule has 0 spiro atoms. The van der Waals surface area contributed by atoms with Gasteiger partial charge in [-0.2, -0.15) is 0 Å². The minimum absolute atomic E-state index is 0.282.